The lowest BCUT2D eigenvalue weighted by molar-refractivity contribution is -0.0513. The van der Waals surface area contributed by atoms with Crippen molar-refractivity contribution in [3.63, 3.8) is 0 Å². The van der Waals surface area contributed by atoms with Gasteiger partial charge in [-0.05, 0) is 25.3 Å². The predicted octanol–water partition coefficient (Wildman–Crippen LogP) is 4.40. The zero-order chi connectivity index (χ0) is 16.5. The number of rotatable bonds is 9. The van der Waals surface area contributed by atoms with E-state index in [4.69, 9.17) is 4.74 Å². The van der Waals surface area contributed by atoms with E-state index in [1.54, 1.807) is 12.1 Å². The molecule has 0 aliphatic carbocycles. The third kappa shape index (κ3) is 6.38. The van der Waals surface area contributed by atoms with Crippen LogP contribution in [0.4, 0.5) is 8.78 Å². The molecule has 1 atom stereocenters. The Balaban J connectivity index is 0.00000288. The first-order valence-corrected chi connectivity index (χ1v) is 8.31. The topological polar surface area (TPSA) is 24.5 Å². The first-order chi connectivity index (χ1) is 11.2. The van der Waals surface area contributed by atoms with E-state index < -0.39 is 6.61 Å². The average molecular weight is 361 g/mol. The number of ether oxygens (including phenoxy) is 1. The van der Waals surface area contributed by atoms with Crippen LogP contribution in [0, 0.1) is 0 Å². The van der Waals surface area contributed by atoms with Gasteiger partial charge in [-0.15, -0.1) is 19.0 Å². The molecule has 1 N–H and O–H groups in total. The van der Waals surface area contributed by atoms with Crippen molar-refractivity contribution in [1.29, 1.82) is 0 Å². The molecule has 2 rings (SSSR count). The molecular formula is C18H27ClF2N2O. The molecule has 136 valence electrons. The summed E-state index contributed by atoms with van der Waals surface area (Å²) in [4.78, 5) is 2.37. The fraction of sp³-hybridized carbons (Fsp3) is 0.556. The van der Waals surface area contributed by atoms with E-state index in [1.165, 1.54) is 0 Å². The van der Waals surface area contributed by atoms with Crippen molar-refractivity contribution in [3.05, 3.63) is 42.5 Å². The van der Waals surface area contributed by atoms with Crippen LogP contribution in [-0.2, 0) is 0 Å². The highest BCUT2D eigenvalue weighted by atomic mass is 35.5. The van der Waals surface area contributed by atoms with Crippen molar-refractivity contribution < 1.29 is 13.5 Å². The van der Waals surface area contributed by atoms with Gasteiger partial charge in [-0.2, -0.15) is 8.78 Å². The second kappa shape index (κ2) is 11.4. The summed E-state index contributed by atoms with van der Waals surface area (Å²) >= 11 is 0. The molecule has 1 aliphatic rings. The number of nitrogens with one attached hydrogen (secondary N) is 1. The highest BCUT2D eigenvalue weighted by molar-refractivity contribution is 5.85. The van der Waals surface area contributed by atoms with Gasteiger partial charge in [0.1, 0.15) is 5.75 Å². The largest absolute Gasteiger partial charge is 0.434 e. The molecule has 0 aromatic heterocycles. The smallest absolute Gasteiger partial charge is 0.387 e. The van der Waals surface area contributed by atoms with Crippen LogP contribution in [0.5, 0.6) is 5.75 Å². The van der Waals surface area contributed by atoms with Gasteiger partial charge in [-0.1, -0.05) is 30.7 Å². The van der Waals surface area contributed by atoms with Crippen molar-refractivity contribution >= 4 is 12.4 Å². The van der Waals surface area contributed by atoms with Gasteiger partial charge in [0.2, 0.25) is 0 Å². The Hall–Kier alpha value is -1.17. The van der Waals surface area contributed by atoms with E-state index in [1.807, 2.05) is 18.2 Å². The van der Waals surface area contributed by atoms with Crippen molar-refractivity contribution in [1.82, 2.24) is 10.2 Å². The zero-order valence-electron chi connectivity index (χ0n) is 13.9. The van der Waals surface area contributed by atoms with Crippen LogP contribution in [0.2, 0.25) is 0 Å². The van der Waals surface area contributed by atoms with Crippen LogP contribution in [0.3, 0.4) is 0 Å². The summed E-state index contributed by atoms with van der Waals surface area (Å²) in [5, 5.41) is 3.34. The maximum atomic E-state index is 12.7. The number of piperazine rings is 1. The lowest BCUT2D eigenvalue weighted by Crippen LogP contribution is -2.45. The first-order valence-electron chi connectivity index (χ1n) is 8.31. The number of hydrogen-bond donors (Lipinski definition) is 1. The van der Waals surface area contributed by atoms with Gasteiger partial charge in [0.05, 0.1) is 0 Å². The van der Waals surface area contributed by atoms with Crippen molar-refractivity contribution in [3.8, 4) is 5.75 Å². The minimum absolute atomic E-state index is 0. The quantitative estimate of drug-likeness (QED) is 0.521. The van der Waals surface area contributed by atoms with Crippen molar-refractivity contribution in [2.24, 2.45) is 0 Å². The molecule has 1 aromatic rings. The van der Waals surface area contributed by atoms with E-state index in [2.05, 4.69) is 16.8 Å². The summed E-state index contributed by atoms with van der Waals surface area (Å²) in [5.41, 5.74) is 0.869. The van der Waals surface area contributed by atoms with Gasteiger partial charge in [-0.3, -0.25) is 4.90 Å². The Kier molecular flexibility index (Phi) is 9.91. The Bertz CT molecular complexity index is 482. The highest BCUT2D eigenvalue weighted by Crippen LogP contribution is 2.34. The van der Waals surface area contributed by atoms with Crippen LogP contribution in [0.1, 0.15) is 37.3 Å². The Morgan fingerprint density at radius 3 is 2.58 bits per heavy atom. The number of nitrogens with zero attached hydrogens (tertiary/aromatic N) is 1. The van der Waals surface area contributed by atoms with Crippen molar-refractivity contribution in [2.45, 2.75) is 38.3 Å². The number of alkyl halides is 2. The van der Waals surface area contributed by atoms with Gasteiger partial charge in [0, 0.05) is 37.8 Å². The minimum Gasteiger partial charge on any atom is -0.434 e. The average Bonchev–Trinajstić information content (AvgIpc) is 2.56. The molecular weight excluding hydrogens is 334 g/mol. The number of para-hydroxylation sites is 1. The van der Waals surface area contributed by atoms with Gasteiger partial charge < -0.3 is 10.1 Å². The SMILES string of the molecule is C=CCCCC[C@H](c1ccccc1OC(F)F)N1CCNCC1.Cl. The molecule has 0 amide bonds. The normalized spacial score (nSPS) is 16.5. The summed E-state index contributed by atoms with van der Waals surface area (Å²) < 4.78 is 30.2. The molecule has 6 heteroatoms. The third-order valence-electron chi connectivity index (χ3n) is 4.22. The molecule has 24 heavy (non-hydrogen) atoms. The minimum atomic E-state index is -2.79. The Labute approximate surface area is 149 Å². The summed E-state index contributed by atoms with van der Waals surface area (Å²) in [7, 11) is 0. The third-order valence-corrected chi connectivity index (χ3v) is 4.22. The van der Waals surface area contributed by atoms with Crippen LogP contribution in [0.15, 0.2) is 36.9 Å². The molecule has 0 radical (unpaired) electrons. The molecule has 1 saturated heterocycles. The summed E-state index contributed by atoms with van der Waals surface area (Å²) in [5.74, 6) is 0.301. The molecule has 1 aliphatic heterocycles. The van der Waals surface area contributed by atoms with E-state index in [0.717, 1.165) is 57.4 Å². The Morgan fingerprint density at radius 1 is 1.21 bits per heavy atom. The van der Waals surface area contributed by atoms with E-state index in [9.17, 15) is 8.78 Å². The highest BCUT2D eigenvalue weighted by Gasteiger charge is 2.25. The Morgan fingerprint density at radius 2 is 1.92 bits per heavy atom. The molecule has 0 bridgehead atoms. The van der Waals surface area contributed by atoms with Gasteiger partial charge in [0.25, 0.3) is 0 Å². The van der Waals surface area contributed by atoms with E-state index >= 15 is 0 Å². The van der Waals surface area contributed by atoms with Crippen LogP contribution in [0.25, 0.3) is 0 Å². The molecule has 1 heterocycles. The zero-order valence-corrected chi connectivity index (χ0v) is 14.7. The second-order valence-electron chi connectivity index (χ2n) is 5.79. The monoisotopic (exact) mass is 360 g/mol. The summed E-state index contributed by atoms with van der Waals surface area (Å²) in [6, 6.07) is 7.32. The van der Waals surface area contributed by atoms with Gasteiger partial charge in [-0.25, -0.2) is 0 Å². The molecule has 0 unspecified atom stereocenters. The standard InChI is InChI=1S/C18H26F2N2O.ClH/c1-2-3-4-5-9-16(22-13-11-21-12-14-22)15-8-6-7-10-17(15)23-18(19)20;/h2,6-8,10,16,18,21H,1,3-5,9,11-14H2;1H/t16-;/m1./s1. The van der Waals surface area contributed by atoms with E-state index in [-0.39, 0.29) is 18.4 Å². The summed E-state index contributed by atoms with van der Waals surface area (Å²) in [6.45, 7) is 4.67. The van der Waals surface area contributed by atoms with E-state index in [0.29, 0.717) is 5.75 Å². The fourth-order valence-electron chi connectivity index (χ4n) is 3.11. The maximum absolute atomic E-state index is 12.7. The molecule has 1 aromatic carbocycles. The molecule has 0 saturated carbocycles. The van der Waals surface area contributed by atoms with Crippen molar-refractivity contribution in [2.75, 3.05) is 26.2 Å². The second-order valence-corrected chi connectivity index (χ2v) is 5.79. The fourth-order valence-corrected chi connectivity index (χ4v) is 3.11. The number of benzene rings is 1. The lowest BCUT2D eigenvalue weighted by Gasteiger charge is -2.36. The summed E-state index contributed by atoms with van der Waals surface area (Å²) in [6.07, 6.45) is 5.97. The molecule has 1 fully saturated rings. The number of unbranched alkanes of at least 4 members (excludes halogenated alkanes) is 2. The van der Waals surface area contributed by atoms with Gasteiger partial charge >= 0.3 is 6.61 Å². The number of allylic oxidation sites excluding steroid dienone is 1. The number of halogens is 3. The number of hydrogen-bond acceptors (Lipinski definition) is 3. The van der Waals surface area contributed by atoms with Crippen LogP contribution >= 0.6 is 12.4 Å². The predicted molar refractivity (Wildman–Crippen MR) is 96.2 cm³/mol. The van der Waals surface area contributed by atoms with Crippen LogP contribution < -0.4 is 10.1 Å². The lowest BCUT2D eigenvalue weighted by atomic mass is 9.97. The molecule has 0 spiro atoms. The van der Waals surface area contributed by atoms with Crippen LogP contribution in [-0.4, -0.2) is 37.7 Å². The van der Waals surface area contributed by atoms with Gasteiger partial charge in [0.15, 0.2) is 0 Å². The first kappa shape index (κ1) is 20.9. The molecule has 3 nitrogen and oxygen atoms in total. The maximum Gasteiger partial charge on any atom is 0.387 e.